The number of anilines is 2. The molecule has 0 aliphatic rings. The number of carbonyl (C=O) groups excluding carboxylic acids is 1. The van der Waals surface area contributed by atoms with Crippen LogP contribution >= 0.6 is 39.1 Å². The second-order valence-electron chi connectivity index (χ2n) is 4.89. The quantitative estimate of drug-likeness (QED) is 0.741. The average molecular weight is 452 g/mol. The molecule has 0 aliphatic heterocycles. The molecular weight excluding hydrogens is 439 g/mol. The normalized spacial score (nSPS) is 11.2. The van der Waals surface area contributed by atoms with E-state index in [0.29, 0.717) is 15.2 Å². The lowest BCUT2D eigenvalue weighted by molar-refractivity contribution is -0.114. The molecule has 5 nitrogen and oxygen atoms in total. The molecule has 0 aliphatic carbocycles. The molecule has 2 aromatic carbocycles. The van der Waals surface area contributed by atoms with Crippen molar-refractivity contribution in [3.63, 3.8) is 0 Å². The first-order valence-electron chi connectivity index (χ1n) is 6.65. The van der Waals surface area contributed by atoms with Crippen LogP contribution < -0.4 is 9.62 Å². The van der Waals surface area contributed by atoms with Crippen molar-refractivity contribution in [3.05, 3.63) is 57.0 Å². The van der Waals surface area contributed by atoms with Gasteiger partial charge in [0.1, 0.15) is 6.54 Å². The monoisotopic (exact) mass is 450 g/mol. The van der Waals surface area contributed by atoms with Crippen LogP contribution in [0, 0.1) is 0 Å². The number of sulfonamides is 1. The fourth-order valence-electron chi connectivity index (χ4n) is 1.94. The van der Waals surface area contributed by atoms with E-state index in [1.165, 1.54) is 18.2 Å². The van der Waals surface area contributed by atoms with Gasteiger partial charge in [0.15, 0.2) is 0 Å². The highest BCUT2D eigenvalue weighted by molar-refractivity contribution is 9.10. The summed E-state index contributed by atoms with van der Waals surface area (Å²) in [6, 6.07) is 11.4. The summed E-state index contributed by atoms with van der Waals surface area (Å²) >= 11 is 15.3. The number of nitrogens with one attached hydrogen (secondary N) is 1. The smallest absolute Gasteiger partial charge is 0.245 e. The number of nitrogens with zero attached hydrogens (tertiary/aromatic N) is 1. The van der Waals surface area contributed by atoms with E-state index in [4.69, 9.17) is 23.2 Å². The molecule has 0 radical (unpaired) electrons. The van der Waals surface area contributed by atoms with Gasteiger partial charge >= 0.3 is 0 Å². The minimum Gasteiger partial charge on any atom is -0.323 e. The van der Waals surface area contributed by atoms with E-state index >= 15 is 0 Å². The fourth-order valence-corrected chi connectivity index (χ4v) is 3.62. The van der Waals surface area contributed by atoms with Gasteiger partial charge in [-0.25, -0.2) is 8.42 Å². The molecule has 2 rings (SSSR count). The average Bonchev–Trinajstić information content (AvgIpc) is 2.49. The molecule has 0 spiro atoms. The summed E-state index contributed by atoms with van der Waals surface area (Å²) in [6.45, 7) is -0.430. The van der Waals surface area contributed by atoms with E-state index in [9.17, 15) is 13.2 Å². The van der Waals surface area contributed by atoms with Crippen LogP contribution in [-0.2, 0) is 14.8 Å². The van der Waals surface area contributed by atoms with Gasteiger partial charge in [-0.2, -0.15) is 0 Å². The molecule has 128 valence electrons. The number of benzene rings is 2. The predicted molar refractivity (Wildman–Crippen MR) is 101 cm³/mol. The molecule has 1 amide bonds. The summed E-state index contributed by atoms with van der Waals surface area (Å²) < 4.78 is 25.8. The lowest BCUT2D eigenvalue weighted by atomic mass is 10.3. The van der Waals surface area contributed by atoms with Gasteiger partial charge in [0.25, 0.3) is 0 Å². The Bertz CT molecular complexity index is 875. The van der Waals surface area contributed by atoms with Crippen LogP contribution in [0.4, 0.5) is 11.4 Å². The fraction of sp³-hybridized carbons (Fsp3) is 0.133. The van der Waals surface area contributed by atoms with Crippen LogP contribution in [0.25, 0.3) is 0 Å². The van der Waals surface area contributed by atoms with Crippen molar-refractivity contribution in [1.29, 1.82) is 0 Å². The molecule has 0 saturated heterocycles. The predicted octanol–water partition coefficient (Wildman–Crippen LogP) is 4.16. The van der Waals surface area contributed by atoms with Gasteiger partial charge in [-0.1, -0.05) is 35.3 Å². The largest absolute Gasteiger partial charge is 0.323 e. The molecule has 0 fully saturated rings. The maximum Gasteiger partial charge on any atom is 0.245 e. The number of amides is 1. The van der Waals surface area contributed by atoms with Crippen LogP contribution in [0.2, 0.25) is 10.0 Å². The van der Waals surface area contributed by atoms with Gasteiger partial charge in [0, 0.05) is 9.50 Å². The SMILES string of the molecule is CS(=O)(=O)N(CC(=O)Nc1ccccc1Br)c1cc(Cl)ccc1Cl. The first-order chi connectivity index (χ1) is 11.2. The standard InChI is InChI=1S/C15H13BrCl2N2O3S/c1-24(22,23)20(14-8-10(17)6-7-12(14)18)9-15(21)19-13-5-3-2-4-11(13)16/h2-8H,9H2,1H3,(H,19,21). The maximum atomic E-state index is 12.3. The molecule has 1 N–H and O–H groups in total. The van der Waals surface area contributed by atoms with Crippen molar-refractivity contribution in [2.75, 3.05) is 22.4 Å². The van der Waals surface area contributed by atoms with E-state index in [-0.39, 0.29) is 10.7 Å². The number of carbonyl (C=O) groups is 1. The second-order valence-corrected chi connectivity index (χ2v) is 8.50. The Morgan fingerprint density at radius 3 is 2.50 bits per heavy atom. The Morgan fingerprint density at radius 2 is 1.88 bits per heavy atom. The summed E-state index contributed by atoms with van der Waals surface area (Å²) in [5.74, 6) is -0.511. The molecule has 0 heterocycles. The molecule has 0 bridgehead atoms. The van der Waals surface area contributed by atoms with Gasteiger partial charge in [0.05, 0.1) is 22.7 Å². The topological polar surface area (TPSA) is 66.5 Å². The molecule has 0 saturated carbocycles. The molecule has 24 heavy (non-hydrogen) atoms. The van der Waals surface area contributed by atoms with Crippen molar-refractivity contribution < 1.29 is 13.2 Å². The lowest BCUT2D eigenvalue weighted by Gasteiger charge is -2.23. The number of rotatable bonds is 5. The molecule has 0 atom stereocenters. The third kappa shape index (κ3) is 4.86. The second kappa shape index (κ2) is 7.74. The number of halogens is 3. The maximum absolute atomic E-state index is 12.3. The van der Waals surface area contributed by atoms with E-state index < -0.39 is 22.5 Å². The highest BCUT2D eigenvalue weighted by Gasteiger charge is 2.23. The number of para-hydroxylation sites is 1. The van der Waals surface area contributed by atoms with Gasteiger partial charge < -0.3 is 5.32 Å². The van der Waals surface area contributed by atoms with Crippen molar-refractivity contribution in [2.45, 2.75) is 0 Å². The molecule has 9 heteroatoms. The van der Waals surface area contributed by atoms with Crippen molar-refractivity contribution in [2.24, 2.45) is 0 Å². The zero-order valence-electron chi connectivity index (χ0n) is 12.5. The first-order valence-corrected chi connectivity index (χ1v) is 10.1. The number of hydrogen-bond donors (Lipinski definition) is 1. The highest BCUT2D eigenvalue weighted by Crippen LogP contribution is 2.30. The summed E-state index contributed by atoms with van der Waals surface area (Å²) in [4.78, 5) is 12.3. The van der Waals surface area contributed by atoms with Gasteiger partial charge in [-0.05, 0) is 46.3 Å². The van der Waals surface area contributed by atoms with Crippen molar-refractivity contribution in [3.8, 4) is 0 Å². The first kappa shape index (κ1) is 19.1. The highest BCUT2D eigenvalue weighted by atomic mass is 79.9. The lowest BCUT2D eigenvalue weighted by Crippen LogP contribution is -2.37. The summed E-state index contributed by atoms with van der Waals surface area (Å²) in [7, 11) is -3.74. The van der Waals surface area contributed by atoms with E-state index in [0.717, 1.165) is 10.6 Å². The zero-order chi connectivity index (χ0) is 17.9. The van der Waals surface area contributed by atoms with Gasteiger partial charge in [-0.3, -0.25) is 9.10 Å². The molecule has 2 aromatic rings. The van der Waals surface area contributed by atoms with Gasteiger partial charge in [0.2, 0.25) is 15.9 Å². The van der Waals surface area contributed by atoms with E-state index in [1.807, 2.05) is 0 Å². The van der Waals surface area contributed by atoms with Gasteiger partial charge in [-0.15, -0.1) is 0 Å². The minimum absolute atomic E-state index is 0.147. The number of hydrogen-bond acceptors (Lipinski definition) is 3. The molecule has 0 aromatic heterocycles. The minimum atomic E-state index is -3.74. The van der Waals surface area contributed by atoms with Crippen LogP contribution in [0.15, 0.2) is 46.9 Å². The molecular formula is C15H13BrCl2N2O3S. The Labute approximate surface area is 158 Å². The van der Waals surface area contributed by atoms with E-state index in [2.05, 4.69) is 21.2 Å². The Balaban J connectivity index is 2.29. The van der Waals surface area contributed by atoms with Crippen LogP contribution in [0.3, 0.4) is 0 Å². The Kier molecular flexibility index (Phi) is 6.14. The zero-order valence-corrected chi connectivity index (χ0v) is 16.4. The van der Waals surface area contributed by atoms with Crippen LogP contribution in [-0.4, -0.2) is 27.1 Å². The van der Waals surface area contributed by atoms with E-state index in [1.54, 1.807) is 24.3 Å². The third-order valence-corrected chi connectivity index (χ3v) is 5.39. The summed E-state index contributed by atoms with van der Waals surface area (Å²) in [5, 5.41) is 3.14. The van der Waals surface area contributed by atoms with Crippen LogP contribution in [0.5, 0.6) is 0 Å². The Morgan fingerprint density at radius 1 is 1.21 bits per heavy atom. The summed E-state index contributed by atoms with van der Waals surface area (Å²) in [5.41, 5.74) is 0.682. The third-order valence-electron chi connectivity index (χ3n) is 3.01. The van der Waals surface area contributed by atoms with Crippen molar-refractivity contribution in [1.82, 2.24) is 0 Å². The Hall–Kier alpha value is -1.28. The van der Waals surface area contributed by atoms with Crippen LogP contribution in [0.1, 0.15) is 0 Å². The van der Waals surface area contributed by atoms with Crippen molar-refractivity contribution >= 4 is 66.4 Å². The molecule has 0 unspecified atom stereocenters. The summed E-state index contributed by atoms with van der Waals surface area (Å²) in [6.07, 6.45) is 0.996.